The summed E-state index contributed by atoms with van der Waals surface area (Å²) in [5, 5.41) is 4.51. The number of nitrogen functional groups attached to an aromatic ring is 1. The first-order valence-corrected chi connectivity index (χ1v) is 7.57. The van der Waals surface area contributed by atoms with E-state index in [-0.39, 0.29) is 6.04 Å². The number of aromatic nitrogens is 3. The Morgan fingerprint density at radius 1 is 1.20 bits per heavy atom. The van der Waals surface area contributed by atoms with Gasteiger partial charge in [0.1, 0.15) is 5.82 Å². The molecule has 2 heterocycles. The standard InChI is InChI=1S/C14H21N5S/c1-6-11-7(2)17-14(15)19-13(11)16-8(3)12-9(4)20-10(5)18-12/h8H,6H2,1-5H3,(H3,15,16,17,19)/t8-/m0/s1. The third-order valence-electron chi connectivity index (χ3n) is 3.29. The normalized spacial score (nSPS) is 12.4. The molecule has 1 atom stereocenters. The SMILES string of the molecule is CCc1c(C)nc(N)nc1N[C@@H](C)c1nc(C)sc1C. The van der Waals surface area contributed by atoms with Crippen molar-refractivity contribution in [3.8, 4) is 0 Å². The molecule has 20 heavy (non-hydrogen) atoms. The van der Waals surface area contributed by atoms with Gasteiger partial charge in [-0.3, -0.25) is 0 Å². The Balaban J connectivity index is 2.32. The molecular weight excluding hydrogens is 270 g/mol. The number of rotatable bonds is 4. The summed E-state index contributed by atoms with van der Waals surface area (Å²) in [6.45, 7) is 10.3. The summed E-state index contributed by atoms with van der Waals surface area (Å²) in [7, 11) is 0. The number of nitrogens with zero attached hydrogens (tertiary/aromatic N) is 3. The molecule has 0 aliphatic carbocycles. The number of thiazole rings is 1. The van der Waals surface area contributed by atoms with E-state index < -0.39 is 0 Å². The lowest BCUT2D eigenvalue weighted by molar-refractivity contribution is 0.821. The average molecular weight is 291 g/mol. The molecule has 0 aliphatic rings. The smallest absolute Gasteiger partial charge is 0.222 e. The molecule has 3 N–H and O–H groups in total. The van der Waals surface area contributed by atoms with Crippen molar-refractivity contribution in [2.75, 3.05) is 11.1 Å². The van der Waals surface area contributed by atoms with Gasteiger partial charge in [-0.05, 0) is 34.1 Å². The molecule has 108 valence electrons. The molecule has 0 aliphatic heterocycles. The number of hydrogen-bond acceptors (Lipinski definition) is 6. The van der Waals surface area contributed by atoms with Gasteiger partial charge in [0.2, 0.25) is 5.95 Å². The molecule has 6 heteroatoms. The van der Waals surface area contributed by atoms with Gasteiger partial charge < -0.3 is 11.1 Å². The van der Waals surface area contributed by atoms with Crippen molar-refractivity contribution >= 4 is 23.1 Å². The van der Waals surface area contributed by atoms with Crippen molar-refractivity contribution in [2.24, 2.45) is 0 Å². The van der Waals surface area contributed by atoms with Crippen LogP contribution in [0.5, 0.6) is 0 Å². The Kier molecular flexibility index (Phi) is 4.23. The van der Waals surface area contributed by atoms with E-state index in [0.717, 1.165) is 34.2 Å². The maximum Gasteiger partial charge on any atom is 0.222 e. The number of nitrogens with one attached hydrogen (secondary N) is 1. The van der Waals surface area contributed by atoms with E-state index in [1.165, 1.54) is 4.88 Å². The van der Waals surface area contributed by atoms with Crippen molar-refractivity contribution in [1.29, 1.82) is 0 Å². The van der Waals surface area contributed by atoms with Crippen molar-refractivity contribution in [3.05, 3.63) is 26.8 Å². The molecular formula is C14H21N5S. The van der Waals surface area contributed by atoms with Crippen LogP contribution in [-0.2, 0) is 6.42 Å². The monoisotopic (exact) mass is 291 g/mol. The largest absolute Gasteiger partial charge is 0.368 e. The molecule has 0 aromatic carbocycles. The Hall–Kier alpha value is -1.69. The van der Waals surface area contributed by atoms with Crippen LogP contribution in [0.1, 0.15) is 46.7 Å². The van der Waals surface area contributed by atoms with Gasteiger partial charge in [-0.25, -0.2) is 9.97 Å². The maximum absolute atomic E-state index is 5.76. The molecule has 0 unspecified atom stereocenters. The summed E-state index contributed by atoms with van der Waals surface area (Å²) in [4.78, 5) is 14.4. The zero-order valence-corrected chi connectivity index (χ0v) is 13.4. The summed E-state index contributed by atoms with van der Waals surface area (Å²) >= 11 is 1.72. The Morgan fingerprint density at radius 2 is 1.90 bits per heavy atom. The minimum absolute atomic E-state index is 0.0962. The van der Waals surface area contributed by atoms with E-state index in [0.29, 0.717) is 5.95 Å². The topological polar surface area (TPSA) is 76.7 Å². The fourth-order valence-corrected chi connectivity index (χ4v) is 3.29. The molecule has 5 nitrogen and oxygen atoms in total. The highest BCUT2D eigenvalue weighted by molar-refractivity contribution is 7.11. The van der Waals surface area contributed by atoms with Crippen LogP contribution in [0.3, 0.4) is 0 Å². The van der Waals surface area contributed by atoms with Gasteiger partial charge in [-0.2, -0.15) is 4.98 Å². The number of hydrogen-bond donors (Lipinski definition) is 2. The van der Waals surface area contributed by atoms with Gasteiger partial charge >= 0.3 is 0 Å². The molecule has 0 amide bonds. The number of nitrogens with two attached hydrogens (primary N) is 1. The van der Waals surface area contributed by atoms with E-state index in [1.54, 1.807) is 11.3 Å². The highest BCUT2D eigenvalue weighted by atomic mass is 32.1. The number of aryl methyl sites for hydroxylation is 3. The fourth-order valence-electron chi connectivity index (χ4n) is 2.38. The predicted molar refractivity (Wildman–Crippen MR) is 84.2 cm³/mol. The minimum Gasteiger partial charge on any atom is -0.368 e. The predicted octanol–water partition coefficient (Wildman–Crippen LogP) is 3.18. The second-order valence-electron chi connectivity index (χ2n) is 4.89. The second-order valence-corrected chi connectivity index (χ2v) is 6.30. The lowest BCUT2D eigenvalue weighted by Gasteiger charge is -2.17. The van der Waals surface area contributed by atoms with Crippen LogP contribution in [0.25, 0.3) is 0 Å². The van der Waals surface area contributed by atoms with Crippen molar-refractivity contribution in [1.82, 2.24) is 15.0 Å². The van der Waals surface area contributed by atoms with Crippen LogP contribution in [-0.4, -0.2) is 15.0 Å². The van der Waals surface area contributed by atoms with Crippen LogP contribution in [0.4, 0.5) is 11.8 Å². The first-order valence-electron chi connectivity index (χ1n) is 6.75. The summed E-state index contributed by atoms with van der Waals surface area (Å²) in [6.07, 6.45) is 0.871. The van der Waals surface area contributed by atoms with E-state index in [4.69, 9.17) is 5.73 Å². The quantitative estimate of drug-likeness (QED) is 0.904. The molecule has 0 spiro atoms. The van der Waals surface area contributed by atoms with Gasteiger partial charge in [0, 0.05) is 16.1 Å². The van der Waals surface area contributed by atoms with Gasteiger partial charge in [0.25, 0.3) is 0 Å². The third-order valence-corrected chi connectivity index (χ3v) is 4.19. The molecule has 0 radical (unpaired) electrons. The molecule has 2 aromatic rings. The zero-order valence-electron chi connectivity index (χ0n) is 12.6. The van der Waals surface area contributed by atoms with Gasteiger partial charge in [-0.15, -0.1) is 11.3 Å². The third kappa shape index (κ3) is 2.90. The summed E-state index contributed by atoms with van der Waals surface area (Å²) < 4.78 is 0. The lowest BCUT2D eigenvalue weighted by atomic mass is 10.1. The maximum atomic E-state index is 5.76. The van der Waals surface area contributed by atoms with E-state index in [2.05, 4.69) is 41.0 Å². The van der Waals surface area contributed by atoms with E-state index >= 15 is 0 Å². The molecule has 0 saturated heterocycles. The van der Waals surface area contributed by atoms with Crippen LogP contribution < -0.4 is 11.1 Å². The number of anilines is 2. The highest BCUT2D eigenvalue weighted by Crippen LogP contribution is 2.27. The van der Waals surface area contributed by atoms with Crippen LogP contribution in [0, 0.1) is 20.8 Å². The summed E-state index contributed by atoms with van der Waals surface area (Å²) in [6, 6.07) is 0.0962. The average Bonchev–Trinajstić information content (AvgIpc) is 2.68. The van der Waals surface area contributed by atoms with Crippen molar-refractivity contribution < 1.29 is 0 Å². The first kappa shape index (κ1) is 14.7. The first-order chi connectivity index (χ1) is 9.42. The van der Waals surface area contributed by atoms with Crippen LogP contribution in [0.15, 0.2) is 0 Å². The van der Waals surface area contributed by atoms with Gasteiger partial charge in [0.15, 0.2) is 0 Å². The molecule has 2 aromatic heterocycles. The van der Waals surface area contributed by atoms with Gasteiger partial charge in [0.05, 0.1) is 16.7 Å². The molecule has 0 fully saturated rings. The van der Waals surface area contributed by atoms with Crippen molar-refractivity contribution in [2.45, 2.75) is 47.1 Å². The lowest BCUT2D eigenvalue weighted by Crippen LogP contribution is -2.14. The summed E-state index contributed by atoms with van der Waals surface area (Å²) in [5.74, 6) is 1.12. The Labute approximate surface area is 123 Å². The van der Waals surface area contributed by atoms with E-state index in [1.807, 2.05) is 13.8 Å². The van der Waals surface area contributed by atoms with Crippen molar-refractivity contribution in [3.63, 3.8) is 0 Å². The summed E-state index contributed by atoms with van der Waals surface area (Å²) in [5.41, 5.74) is 8.87. The minimum atomic E-state index is 0.0962. The van der Waals surface area contributed by atoms with E-state index in [9.17, 15) is 0 Å². The fraction of sp³-hybridized carbons (Fsp3) is 0.500. The highest BCUT2D eigenvalue weighted by Gasteiger charge is 2.16. The Morgan fingerprint density at radius 3 is 2.45 bits per heavy atom. The van der Waals surface area contributed by atoms with Gasteiger partial charge in [-0.1, -0.05) is 6.92 Å². The molecule has 0 bridgehead atoms. The second kappa shape index (κ2) is 5.75. The Bertz CT molecular complexity index is 620. The van der Waals surface area contributed by atoms with Crippen LogP contribution in [0.2, 0.25) is 0 Å². The molecule has 0 saturated carbocycles. The van der Waals surface area contributed by atoms with Crippen LogP contribution >= 0.6 is 11.3 Å². The zero-order chi connectivity index (χ0) is 14.9. The molecule has 2 rings (SSSR count).